The van der Waals surface area contributed by atoms with Crippen LogP contribution in [-0.4, -0.2) is 33.9 Å². The number of thiophene rings is 1. The largest absolute Gasteiger partial charge is 0.410 e. The van der Waals surface area contributed by atoms with Crippen LogP contribution < -0.4 is 10.6 Å². The number of carbonyl (C=O) groups is 2. The Morgan fingerprint density at radius 3 is 3.04 bits per heavy atom. The maximum absolute atomic E-state index is 12.0. The Kier molecular flexibility index (Phi) is 5.98. The lowest BCUT2D eigenvalue weighted by Gasteiger charge is -2.16. The molecule has 0 unspecified atom stereocenters. The first-order valence-electron chi connectivity index (χ1n) is 8.67. The first kappa shape index (κ1) is 18.9. The zero-order valence-corrected chi connectivity index (χ0v) is 16.6. The summed E-state index contributed by atoms with van der Waals surface area (Å²) in [6, 6.07) is 1.64. The number of carbonyl (C=O) groups excluding carboxylic acids is 2. The van der Waals surface area contributed by atoms with E-state index in [0.717, 1.165) is 29.5 Å². The zero-order valence-electron chi connectivity index (χ0n) is 15.0. The molecule has 2 heterocycles. The Labute approximate surface area is 160 Å². The fraction of sp³-hybridized carbons (Fsp3) is 0.529. The topological polar surface area (TPSA) is 97.1 Å². The van der Waals surface area contributed by atoms with E-state index in [2.05, 4.69) is 33.8 Å². The maximum atomic E-state index is 12.0. The molecule has 2 aromatic heterocycles. The van der Waals surface area contributed by atoms with Gasteiger partial charge >= 0.3 is 6.03 Å². The summed E-state index contributed by atoms with van der Waals surface area (Å²) in [5.74, 6) is 0.792. The predicted molar refractivity (Wildman–Crippen MR) is 101 cm³/mol. The molecule has 3 amide bonds. The standard InChI is InChI=1S/C17H22N4O3S2/c1-4-18-16(23)19-14(22)10(3)25-17-21-20-15(24-17)13-8-11-7-9(2)5-6-12(11)26-13/h8-10H,4-7H2,1-3H3,(H2,18,19,22,23)/t9-,10-/m1/s1. The summed E-state index contributed by atoms with van der Waals surface area (Å²) in [5.41, 5.74) is 1.38. The minimum Gasteiger partial charge on any atom is -0.410 e. The zero-order chi connectivity index (χ0) is 18.7. The van der Waals surface area contributed by atoms with Gasteiger partial charge in [0.05, 0.1) is 10.1 Å². The summed E-state index contributed by atoms with van der Waals surface area (Å²) in [5, 5.41) is 12.7. The van der Waals surface area contributed by atoms with Crippen LogP contribution >= 0.6 is 23.1 Å². The average molecular weight is 395 g/mol. The number of hydrogen-bond donors (Lipinski definition) is 2. The van der Waals surface area contributed by atoms with Gasteiger partial charge in [-0.25, -0.2) is 4.79 Å². The van der Waals surface area contributed by atoms with E-state index in [1.54, 1.807) is 25.2 Å². The number of fused-ring (bicyclic) bond motifs is 1. The molecule has 0 saturated carbocycles. The van der Waals surface area contributed by atoms with Crippen LogP contribution in [0.25, 0.3) is 10.8 Å². The van der Waals surface area contributed by atoms with Gasteiger partial charge in [0.25, 0.3) is 11.1 Å². The van der Waals surface area contributed by atoms with Crippen molar-refractivity contribution in [1.82, 2.24) is 20.8 Å². The fourth-order valence-electron chi connectivity index (χ4n) is 2.79. The van der Waals surface area contributed by atoms with Gasteiger partial charge in [0.15, 0.2) is 0 Å². The molecule has 2 atom stereocenters. The van der Waals surface area contributed by atoms with E-state index >= 15 is 0 Å². The van der Waals surface area contributed by atoms with Crippen molar-refractivity contribution in [2.24, 2.45) is 5.92 Å². The number of thioether (sulfide) groups is 1. The minimum atomic E-state index is -0.525. The molecule has 0 spiro atoms. The molecule has 3 rings (SSSR count). The van der Waals surface area contributed by atoms with Crippen LogP contribution in [-0.2, 0) is 17.6 Å². The van der Waals surface area contributed by atoms with Crippen LogP contribution in [0.5, 0.6) is 0 Å². The molecule has 0 aliphatic heterocycles. The molecule has 0 fully saturated rings. The van der Waals surface area contributed by atoms with Crippen LogP contribution in [0.3, 0.4) is 0 Å². The lowest BCUT2D eigenvalue weighted by molar-refractivity contribution is -0.119. The molecular formula is C17H22N4O3S2. The highest BCUT2D eigenvalue weighted by Crippen LogP contribution is 2.37. The fourth-order valence-corrected chi connectivity index (χ4v) is 4.60. The number of aromatic nitrogens is 2. The van der Waals surface area contributed by atoms with E-state index in [-0.39, 0.29) is 0 Å². The number of rotatable bonds is 5. The highest BCUT2D eigenvalue weighted by Gasteiger charge is 2.23. The van der Waals surface area contributed by atoms with Gasteiger partial charge < -0.3 is 9.73 Å². The molecule has 2 N–H and O–H groups in total. The molecule has 26 heavy (non-hydrogen) atoms. The van der Waals surface area contributed by atoms with Crippen molar-refractivity contribution in [3.8, 4) is 10.8 Å². The van der Waals surface area contributed by atoms with Gasteiger partial charge in [0, 0.05) is 11.4 Å². The monoisotopic (exact) mass is 394 g/mol. The minimum absolute atomic E-state index is 0.318. The normalized spacial score (nSPS) is 17.4. The Morgan fingerprint density at radius 1 is 1.46 bits per heavy atom. The molecule has 140 valence electrons. The quantitative estimate of drug-likeness (QED) is 0.756. The molecule has 7 nitrogen and oxygen atoms in total. The number of nitrogens with zero attached hydrogens (tertiary/aromatic N) is 2. The third-order valence-electron chi connectivity index (χ3n) is 4.17. The number of imide groups is 1. The summed E-state index contributed by atoms with van der Waals surface area (Å²) in [7, 11) is 0. The predicted octanol–water partition coefficient (Wildman–Crippen LogP) is 3.25. The SMILES string of the molecule is CCNC(=O)NC(=O)[C@@H](C)Sc1nnc(-c2cc3c(s2)CC[C@@H](C)C3)o1. The molecule has 2 aromatic rings. The van der Waals surface area contributed by atoms with Crippen LogP contribution in [0.15, 0.2) is 15.7 Å². The van der Waals surface area contributed by atoms with E-state index < -0.39 is 17.2 Å². The molecule has 0 saturated heterocycles. The van der Waals surface area contributed by atoms with E-state index in [0.29, 0.717) is 23.6 Å². The summed E-state index contributed by atoms with van der Waals surface area (Å²) in [4.78, 5) is 25.8. The van der Waals surface area contributed by atoms with E-state index in [1.807, 2.05) is 0 Å². The van der Waals surface area contributed by atoms with Gasteiger partial charge in [-0.15, -0.1) is 21.5 Å². The number of urea groups is 1. The van der Waals surface area contributed by atoms with E-state index in [4.69, 9.17) is 4.42 Å². The highest BCUT2D eigenvalue weighted by molar-refractivity contribution is 8.00. The third kappa shape index (κ3) is 4.45. The van der Waals surface area contributed by atoms with Crippen molar-refractivity contribution in [2.75, 3.05) is 6.54 Å². The summed E-state index contributed by atoms with van der Waals surface area (Å²) in [6.45, 7) is 6.20. The van der Waals surface area contributed by atoms with Crippen molar-refractivity contribution in [3.05, 3.63) is 16.5 Å². The Bertz CT molecular complexity index is 802. The van der Waals surface area contributed by atoms with E-state index in [9.17, 15) is 9.59 Å². The van der Waals surface area contributed by atoms with Gasteiger partial charge in [-0.2, -0.15) is 0 Å². The van der Waals surface area contributed by atoms with Crippen molar-refractivity contribution >= 4 is 35.0 Å². The average Bonchev–Trinajstić information content (AvgIpc) is 3.20. The van der Waals surface area contributed by atoms with Crippen molar-refractivity contribution < 1.29 is 14.0 Å². The van der Waals surface area contributed by atoms with Gasteiger partial charge in [-0.3, -0.25) is 10.1 Å². The second-order valence-corrected chi connectivity index (χ2v) is 8.82. The summed E-state index contributed by atoms with van der Waals surface area (Å²) >= 11 is 2.84. The van der Waals surface area contributed by atoms with Crippen molar-refractivity contribution in [3.63, 3.8) is 0 Å². The number of hydrogen-bond acceptors (Lipinski definition) is 7. The molecule has 9 heteroatoms. The summed E-state index contributed by atoms with van der Waals surface area (Å²) in [6.07, 6.45) is 3.42. The van der Waals surface area contributed by atoms with Gasteiger partial charge in [0.2, 0.25) is 5.91 Å². The Morgan fingerprint density at radius 2 is 2.27 bits per heavy atom. The van der Waals surface area contributed by atoms with Crippen LogP contribution in [0, 0.1) is 5.92 Å². The molecule has 1 aliphatic rings. The molecular weight excluding hydrogens is 372 g/mol. The lowest BCUT2D eigenvalue weighted by Crippen LogP contribution is -2.42. The van der Waals surface area contributed by atoms with Crippen LogP contribution in [0.2, 0.25) is 0 Å². The summed E-state index contributed by atoms with van der Waals surface area (Å²) < 4.78 is 5.72. The number of amides is 3. The second-order valence-electron chi connectivity index (χ2n) is 6.39. The van der Waals surface area contributed by atoms with E-state index in [1.165, 1.54) is 16.9 Å². The van der Waals surface area contributed by atoms with Crippen molar-refractivity contribution in [2.45, 2.75) is 50.5 Å². The molecule has 0 bridgehead atoms. The maximum Gasteiger partial charge on any atom is 0.321 e. The van der Waals surface area contributed by atoms with Crippen molar-refractivity contribution in [1.29, 1.82) is 0 Å². The number of nitrogens with one attached hydrogen (secondary N) is 2. The van der Waals surface area contributed by atoms with Gasteiger partial charge in [-0.05, 0) is 50.7 Å². The Balaban J connectivity index is 1.63. The van der Waals surface area contributed by atoms with Gasteiger partial charge in [-0.1, -0.05) is 18.7 Å². The Hall–Kier alpha value is -1.87. The third-order valence-corrected chi connectivity index (χ3v) is 6.33. The highest BCUT2D eigenvalue weighted by atomic mass is 32.2. The molecule has 0 radical (unpaired) electrons. The molecule has 0 aromatic carbocycles. The molecule has 1 aliphatic carbocycles. The van der Waals surface area contributed by atoms with Gasteiger partial charge in [0.1, 0.15) is 0 Å². The first-order valence-corrected chi connectivity index (χ1v) is 10.4. The second kappa shape index (κ2) is 8.22. The smallest absolute Gasteiger partial charge is 0.321 e. The van der Waals surface area contributed by atoms with Crippen LogP contribution in [0.4, 0.5) is 4.79 Å². The van der Waals surface area contributed by atoms with Crippen LogP contribution in [0.1, 0.15) is 37.6 Å². The first-order chi connectivity index (χ1) is 12.5. The number of aryl methyl sites for hydroxylation is 1. The lowest BCUT2D eigenvalue weighted by atomic mass is 9.90.